The molecule has 1 aromatic carbocycles. The second-order valence-electron chi connectivity index (χ2n) is 6.56. The van der Waals surface area contributed by atoms with Crippen LogP contribution in [0.25, 0.3) is 11.4 Å². The summed E-state index contributed by atoms with van der Waals surface area (Å²) in [5, 5.41) is 11.8. The van der Waals surface area contributed by atoms with Crippen molar-refractivity contribution in [3.63, 3.8) is 0 Å². The Labute approximate surface area is 158 Å². The molecular formula is C19H24N6O2. The van der Waals surface area contributed by atoms with E-state index in [9.17, 15) is 4.79 Å². The summed E-state index contributed by atoms with van der Waals surface area (Å²) in [4.78, 5) is 16.9. The maximum absolute atomic E-state index is 12.6. The molecule has 0 fully saturated rings. The molecule has 0 saturated heterocycles. The fourth-order valence-electron chi connectivity index (χ4n) is 2.99. The van der Waals surface area contributed by atoms with Crippen molar-refractivity contribution in [3.8, 4) is 17.4 Å². The Hall–Kier alpha value is -3.16. The van der Waals surface area contributed by atoms with Gasteiger partial charge in [-0.1, -0.05) is 12.1 Å². The highest BCUT2D eigenvalue weighted by atomic mass is 16.5. The molecular weight excluding hydrogens is 344 g/mol. The molecule has 0 saturated carbocycles. The van der Waals surface area contributed by atoms with Crippen LogP contribution in [0, 0.1) is 13.8 Å². The highest BCUT2D eigenvalue weighted by Gasteiger charge is 2.14. The highest BCUT2D eigenvalue weighted by molar-refractivity contribution is 5.95. The van der Waals surface area contributed by atoms with Crippen LogP contribution in [-0.4, -0.2) is 44.1 Å². The van der Waals surface area contributed by atoms with Gasteiger partial charge < -0.3 is 10.1 Å². The molecule has 2 aromatic heterocycles. The molecule has 0 aliphatic heterocycles. The molecule has 8 nitrogen and oxygen atoms in total. The minimum absolute atomic E-state index is 0.0625. The van der Waals surface area contributed by atoms with Gasteiger partial charge in [0.25, 0.3) is 5.91 Å². The van der Waals surface area contributed by atoms with Crippen LogP contribution in [0.2, 0.25) is 0 Å². The van der Waals surface area contributed by atoms with Crippen molar-refractivity contribution in [3.05, 3.63) is 47.3 Å². The smallest absolute Gasteiger partial charge is 0.314 e. The van der Waals surface area contributed by atoms with E-state index in [-0.39, 0.29) is 11.9 Å². The van der Waals surface area contributed by atoms with Gasteiger partial charge in [0.05, 0.1) is 18.8 Å². The van der Waals surface area contributed by atoms with Gasteiger partial charge >= 0.3 is 6.01 Å². The molecule has 142 valence electrons. The first-order chi connectivity index (χ1) is 12.9. The fourth-order valence-corrected chi connectivity index (χ4v) is 2.99. The van der Waals surface area contributed by atoms with Crippen LogP contribution in [0.1, 0.15) is 34.7 Å². The van der Waals surface area contributed by atoms with E-state index in [1.807, 2.05) is 43.7 Å². The largest absolute Gasteiger partial charge is 0.467 e. The summed E-state index contributed by atoms with van der Waals surface area (Å²) in [6, 6.07) is 9.73. The van der Waals surface area contributed by atoms with Crippen LogP contribution in [-0.2, 0) is 7.05 Å². The molecule has 2 heterocycles. The van der Waals surface area contributed by atoms with Crippen molar-refractivity contribution < 1.29 is 9.53 Å². The molecule has 1 amide bonds. The van der Waals surface area contributed by atoms with Gasteiger partial charge in [-0.15, -0.1) is 5.10 Å². The Kier molecular flexibility index (Phi) is 5.25. The van der Waals surface area contributed by atoms with E-state index in [0.717, 1.165) is 17.0 Å². The monoisotopic (exact) mass is 368 g/mol. The number of hydrogen-bond donors (Lipinski definition) is 1. The molecule has 1 unspecified atom stereocenters. The fraction of sp³-hybridized carbons (Fsp3) is 0.368. The van der Waals surface area contributed by atoms with Crippen molar-refractivity contribution in [1.82, 2.24) is 29.9 Å². The van der Waals surface area contributed by atoms with E-state index in [2.05, 4.69) is 20.5 Å². The molecule has 27 heavy (non-hydrogen) atoms. The molecule has 0 spiro atoms. The second-order valence-corrected chi connectivity index (χ2v) is 6.56. The second kappa shape index (κ2) is 7.61. The van der Waals surface area contributed by atoms with Gasteiger partial charge in [-0.05, 0) is 39.0 Å². The van der Waals surface area contributed by atoms with Crippen LogP contribution in [0.15, 0.2) is 30.3 Å². The van der Waals surface area contributed by atoms with Gasteiger partial charge in [-0.25, -0.2) is 4.68 Å². The van der Waals surface area contributed by atoms with Crippen LogP contribution in [0.4, 0.5) is 0 Å². The van der Waals surface area contributed by atoms with Crippen molar-refractivity contribution in [2.24, 2.45) is 7.05 Å². The molecule has 0 aliphatic rings. The summed E-state index contributed by atoms with van der Waals surface area (Å²) in [6.45, 7) is 6.48. The van der Waals surface area contributed by atoms with Gasteiger partial charge in [0.15, 0.2) is 5.82 Å². The molecule has 0 radical (unpaired) electrons. The standard InChI is InChI=1S/C19H24N6O2/c1-12-9-13(2)25(22-12)14(3)11-20-18(26)16-8-6-7-15(10-16)17-21-19(27-5)24(4)23-17/h6-10,14H,11H2,1-5H3,(H,20,26). The Bertz CT molecular complexity index is 959. The van der Waals surface area contributed by atoms with E-state index in [1.165, 1.54) is 0 Å². The summed E-state index contributed by atoms with van der Waals surface area (Å²) in [5.74, 6) is 0.369. The normalized spacial score (nSPS) is 12.0. The zero-order valence-corrected chi connectivity index (χ0v) is 16.2. The number of carbonyl (C=O) groups excluding carboxylic acids is 1. The Morgan fingerprint density at radius 3 is 2.67 bits per heavy atom. The highest BCUT2D eigenvalue weighted by Crippen LogP contribution is 2.19. The van der Waals surface area contributed by atoms with E-state index in [0.29, 0.717) is 23.9 Å². The number of hydrogen-bond acceptors (Lipinski definition) is 5. The predicted molar refractivity (Wildman–Crippen MR) is 102 cm³/mol. The van der Waals surface area contributed by atoms with Crippen LogP contribution in [0.5, 0.6) is 6.01 Å². The number of benzene rings is 1. The van der Waals surface area contributed by atoms with E-state index < -0.39 is 0 Å². The van der Waals surface area contributed by atoms with Crippen LogP contribution in [0.3, 0.4) is 0 Å². The maximum Gasteiger partial charge on any atom is 0.314 e. The van der Waals surface area contributed by atoms with Gasteiger partial charge in [0.2, 0.25) is 0 Å². The number of rotatable bonds is 6. The van der Waals surface area contributed by atoms with E-state index >= 15 is 0 Å². The van der Waals surface area contributed by atoms with Gasteiger partial charge in [0.1, 0.15) is 0 Å². The van der Waals surface area contributed by atoms with Crippen LogP contribution >= 0.6 is 0 Å². The van der Waals surface area contributed by atoms with Crippen molar-refractivity contribution >= 4 is 5.91 Å². The van der Waals surface area contributed by atoms with Gasteiger partial charge in [-0.2, -0.15) is 10.1 Å². The Balaban J connectivity index is 1.71. The predicted octanol–water partition coefficient (Wildman–Crippen LogP) is 2.30. The number of methoxy groups -OCH3 is 1. The molecule has 3 aromatic rings. The molecule has 1 atom stereocenters. The summed E-state index contributed by atoms with van der Waals surface area (Å²) < 4.78 is 8.63. The van der Waals surface area contributed by atoms with E-state index in [1.54, 1.807) is 31.0 Å². The third kappa shape index (κ3) is 3.99. The molecule has 1 N–H and O–H groups in total. The average molecular weight is 368 g/mol. The number of amides is 1. The Morgan fingerprint density at radius 1 is 1.26 bits per heavy atom. The summed E-state index contributed by atoms with van der Waals surface area (Å²) in [5.41, 5.74) is 3.36. The minimum Gasteiger partial charge on any atom is -0.467 e. The zero-order chi connectivity index (χ0) is 19.6. The average Bonchev–Trinajstić information content (AvgIpc) is 3.20. The van der Waals surface area contributed by atoms with Crippen molar-refractivity contribution in [1.29, 1.82) is 0 Å². The number of carbonyl (C=O) groups is 1. The number of aromatic nitrogens is 5. The molecule has 0 bridgehead atoms. The lowest BCUT2D eigenvalue weighted by Crippen LogP contribution is -2.30. The maximum atomic E-state index is 12.6. The summed E-state index contributed by atoms with van der Waals surface area (Å²) >= 11 is 0. The number of aryl methyl sites for hydroxylation is 3. The van der Waals surface area contributed by atoms with Gasteiger partial charge in [-0.3, -0.25) is 9.48 Å². The first kappa shape index (κ1) is 18.6. The Morgan fingerprint density at radius 2 is 2.04 bits per heavy atom. The quantitative estimate of drug-likeness (QED) is 0.721. The number of ether oxygens (including phenoxy) is 1. The molecule has 8 heteroatoms. The zero-order valence-electron chi connectivity index (χ0n) is 16.2. The SMILES string of the molecule is COc1nc(-c2cccc(C(=O)NCC(C)n3nc(C)cc3C)c2)nn1C. The topological polar surface area (TPSA) is 86.9 Å². The van der Waals surface area contributed by atoms with Gasteiger partial charge in [0, 0.05) is 30.4 Å². The number of nitrogens with zero attached hydrogens (tertiary/aromatic N) is 5. The van der Waals surface area contributed by atoms with E-state index in [4.69, 9.17) is 4.74 Å². The third-order valence-corrected chi connectivity index (χ3v) is 4.31. The minimum atomic E-state index is -0.145. The van der Waals surface area contributed by atoms with Crippen LogP contribution < -0.4 is 10.1 Å². The van der Waals surface area contributed by atoms with Crippen molar-refractivity contribution in [2.75, 3.05) is 13.7 Å². The third-order valence-electron chi connectivity index (χ3n) is 4.31. The summed E-state index contributed by atoms with van der Waals surface area (Å²) in [7, 11) is 3.30. The first-order valence-electron chi connectivity index (χ1n) is 8.75. The van der Waals surface area contributed by atoms with Crippen molar-refractivity contribution in [2.45, 2.75) is 26.8 Å². The first-order valence-corrected chi connectivity index (χ1v) is 8.75. The lowest BCUT2D eigenvalue weighted by Gasteiger charge is -2.15. The lowest BCUT2D eigenvalue weighted by atomic mass is 10.1. The summed E-state index contributed by atoms with van der Waals surface area (Å²) in [6.07, 6.45) is 0. The molecule has 3 rings (SSSR count). The number of nitrogens with one attached hydrogen (secondary N) is 1. The molecule has 0 aliphatic carbocycles. The lowest BCUT2D eigenvalue weighted by molar-refractivity contribution is 0.0948.